The van der Waals surface area contributed by atoms with Gasteiger partial charge < -0.3 is 5.11 Å². The smallest absolute Gasteiger partial charge is 0.337 e. The van der Waals surface area contributed by atoms with Crippen molar-refractivity contribution in [1.29, 1.82) is 0 Å². The first-order chi connectivity index (χ1) is 8.00. The maximum absolute atomic E-state index is 13.5. The number of hydrogen-bond donors (Lipinski definition) is 1. The van der Waals surface area contributed by atoms with E-state index in [1.807, 2.05) is 0 Å². The van der Waals surface area contributed by atoms with Gasteiger partial charge in [0.2, 0.25) is 0 Å². The van der Waals surface area contributed by atoms with Crippen molar-refractivity contribution in [3.8, 4) is 0 Å². The molecule has 0 spiro atoms. The molecule has 1 fully saturated rings. The van der Waals surface area contributed by atoms with Crippen molar-refractivity contribution in [3.63, 3.8) is 0 Å². The van der Waals surface area contributed by atoms with Gasteiger partial charge in [0.05, 0.1) is 16.3 Å². The van der Waals surface area contributed by atoms with Crippen molar-refractivity contribution in [3.05, 3.63) is 28.5 Å². The van der Waals surface area contributed by atoms with Crippen LogP contribution in [0.2, 0.25) is 5.02 Å². The van der Waals surface area contributed by atoms with Crippen LogP contribution in [0, 0.1) is 5.82 Å². The molecule has 0 aromatic heterocycles. The third-order valence-corrected chi connectivity index (χ3v) is 4.36. The second-order valence-corrected chi connectivity index (χ2v) is 5.45. The number of carboxylic acid groups (broad SMARTS) is 1. The number of carboxylic acids is 1. The van der Waals surface area contributed by atoms with Crippen molar-refractivity contribution in [2.24, 2.45) is 0 Å². The molecule has 0 saturated carbocycles. The summed E-state index contributed by atoms with van der Waals surface area (Å²) in [4.78, 5) is 10.9. The Morgan fingerprint density at radius 3 is 2.76 bits per heavy atom. The summed E-state index contributed by atoms with van der Waals surface area (Å²) >= 11 is 5.55. The topological polar surface area (TPSA) is 57.6 Å². The van der Waals surface area contributed by atoms with E-state index in [0.717, 1.165) is 12.5 Å². The summed E-state index contributed by atoms with van der Waals surface area (Å²) in [5.74, 6) is -1.61. The number of nitrogens with zero attached hydrogens (tertiary/aromatic N) is 1. The number of benzene rings is 1. The summed E-state index contributed by atoms with van der Waals surface area (Å²) in [6, 6.07) is 2.36. The molecule has 1 aliphatic rings. The largest absolute Gasteiger partial charge is 0.478 e. The van der Waals surface area contributed by atoms with Crippen molar-refractivity contribution in [1.82, 2.24) is 0 Å². The minimum Gasteiger partial charge on any atom is -0.478 e. The molecular formula is C10H9ClFNO3S. The lowest BCUT2D eigenvalue weighted by atomic mass is 10.2. The minimum atomic E-state index is -1.30. The second kappa shape index (κ2) is 4.62. The molecule has 1 aromatic carbocycles. The van der Waals surface area contributed by atoms with Crippen LogP contribution >= 0.6 is 11.6 Å². The predicted molar refractivity (Wildman–Crippen MR) is 63.3 cm³/mol. The lowest BCUT2D eigenvalue weighted by Crippen LogP contribution is -2.20. The first kappa shape index (κ1) is 12.3. The molecule has 0 amide bonds. The minimum absolute atomic E-state index is 0.292. The van der Waals surface area contributed by atoms with E-state index in [0.29, 0.717) is 18.0 Å². The molecule has 4 nitrogen and oxygen atoms in total. The highest BCUT2D eigenvalue weighted by Crippen LogP contribution is 2.29. The van der Waals surface area contributed by atoms with Gasteiger partial charge in [-0.25, -0.2) is 13.4 Å². The molecule has 0 bridgehead atoms. The fourth-order valence-corrected chi connectivity index (χ4v) is 3.12. The zero-order valence-electron chi connectivity index (χ0n) is 8.65. The third kappa shape index (κ3) is 2.28. The average Bonchev–Trinajstić information content (AvgIpc) is 2.68. The molecule has 0 radical (unpaired) electrons. The van der Waals surface area contributed by atoms with Gasteiger partial charge in [-0.1, -0.05) is 11.6 Å². The molecule has 1 aliphatic heterocycles. The first-order valence-corrected chi connectivity index (χ1v) is 6.54. The number of halogens is 2. The SMILES string of the molecule is O=C(O)c1cc(N2CCCS2=O)cc(F)c1Cl. The van der Waals surface area contributed by atoms with E-state index >= 15 is 0 Å². The number of carbonyl (C=O) groups is 1. The summed E-state index contributed by atoms with van der Waals surface area (Å²) in [5, 5.41) is 8.45. The molecule has 7 heteroatoms. The zero-order chi connectivity index (χ0) is 12.6. The zero-order valence-corrected chi connectivity index (χ0v) is 10.2. The van der Waals surface area contributed by atoms with Crippen LogP contribution < -0.4 is 4.31 Å². The van der Waals surface area contributed by atoms with Gasteiger partial charge in [0.15, 0.2) is 0 Å². The summed E-state index contributed by atoms with van der Waals surface area (Å²) in [6.07, 6.45) is 0.735. The lowest BCUT2D eigenvalue weighted by Gasteiger charge is -2.17. The van der Waals surface area contributed by atoms with Crippen molar-refractivity contribution in [2.45, 2.75) is 6.42 Å². The number of aromatic carboxylic acids is 1. The maximum atomic E-state index is 13.5. The molecule has 1 atom stereocenters. The Balaban J connectivity index is 2.49. The van der Waals surface area contributed by atoms with Crippen LogP contribution in [0.5, 0.6) is 0 Å². The molecule has 1 N–H and O–H groups in total. The van der Waals surface area contributed by atoms with Crippen molar-refractivity contribution in [2.75, 3.05) is 16.6 Å². The molecule has 1 heterocycles. The van der Waals surface area contributed by atoms with Crippen LogP contribution in [0.4, 0.5) is 10.1 Å². The van der Waals surface area contributed by atoms with Crippen LogP contribution in [-0.2, 0) is 11.0 Å². The lowest BCUT2D eigenvalue weighted by molar-refractivity contribution is 0.0696. The fourth-order valence-electron chi connectivity index (χ4n) is 1.66. The number of anilines is 1. The van der Waals surface area contributed by atoms with Gasteiger partial charge in [0.1, 0.15) is 16.8 Å². The van der Waals surface area contributed by atoms with Gasteiger partial charge in [0.25, 0.3) is 0 Å². The van der Waals surface area contributed by atoms with E-state index < -0.39 is 27.8 Å². The standard InChI is InChI=1S/C10H9ClFNO3S/c11-9-7(10(14)15)4-6(5-8(9)12)13-2-1-3-17(13)16/h4-5H,1-3H2,(H,14,15). The molecule has 92 valence electrons. The molecule has 0 aliphatic carbocycles. The highest BCUT2D eigenvalue weighted by molar-refractivity contribution is 7.86. The Hall–Kier alpha value is -1.14. The van der Waals surface area contributed by atoms with Crippen LogP contribution in [0.15, 0.2) is 12.1 Å². The van der Waals surface area contributed by atoms with E-state index in [-0.39, 0.29) is 5.56 Å². The van der Waals surface area contributed by atoms with Gasteiger partial charge in [0, 0.05) is 12.3 Å². The highest BCUT2D eigenvalue weighted by Gasteiger charge is 2.24. The van der Waals surface area contributed by atoms with Gasteiger partial charge >= 0.3 is 5.97 Å². The second-order valence-electron chi connectivity index (χ2n) is 3.58. The van der Waals surface area contributed by atoms with E-state index in [1.165, 1.54) is 10.4 Å². The Morgan fingerprint density at radius 2 is 2.24 bits per heavy atom. The Kier molecular flexibility index (Phi) is 3.35. The first-order valence-electron chi connectivity index (χ1n) is 4.89. The summed E-state index contributed by atoms with van der Waals surface area (Å²) < 4.78 is 26.5. The fraction of sp³-hybridized carbons (Fsp3) is 0.300. The summed E-state index contributed by atoms with van der Waals surface area (Å²) in [5.41, 5.74) is -0.0225. The van der Waals surface area contributed by atoms with E-state index in [4.69, 9.17) is 16.7 Å². The summed E-state index contributed by atoms with van der Waals surface area (Å²) in [7, 11) is -1.22. The number of rotatable bonds is 2. The van der Waals surface area contributed by atoms with Crippen LogP contribution in [0.1, 0.15) is 16.8 Å². The molecule has 1 saturated heterocycles. The Labute approximate surface area is 105 Å². The molecular weight excluding hydrogens is 269 g/mol. The maximum Gasteiger partial charge on any atom is 0.337 e. The monoisotopic (exact) mass is 277 g/mol. The van der Waals surface area contributed by atoms with Crippen LogP contribution in [0.25, 0.3) is 0 Å². The van der Waals surface area contributed by atoms with Gasteiger partial charge in [-0.3, -0.25) is 4.31 Å². The highest BCUT2D eigenvalue weighted by atomic mass is 35.5. The predicted octanol–water partition coefficient (Wildman–Crippen LogP) is 2.05. The molecule has 1 aromatic rings. The van der Waals surface area contributed by atoms with Gasteiger partial charge in [-0.15, -0.1) is 0 Å². The quantitative estimate of drug-likeness (QED) is 0.900. The number of hydrogen-bond acceptors (Lipinski definition) is 2. The Morgan fingerprint density at radius 1 is 1.53 bits per heavy atom. The normalized spacial score (nSPS) is 19.6. The average molecular weight is 278 g/mol. The van der Waals surface area contributed by atoms with Crippen LogP contribution in [0.3, 0.4) is 0 Å². The molecule has 17 heavy (non-hydrogen) atoms. The Bertz CT molecular complexity index is 509. The van der Waals surface area contributed by atoms with E-state index in [2.05, 4.69) is 0 Å². The van der Waals surface area contributed by atoms with Crippen LogP contribution in [-0.4, -0.2) is 27.6 Å². The summed E-state index contributed by atoms with van der Waals surface area (Å²) in [6.45, 7) is 0.521. The molecule has 1 unspecified atom stereocenters. The van der Waals surface area contributed by atoms with Crippen molar-refractivity contribution >= 4 is 34.2 Å². The molecule has 2 rings (SSSR count). The van der Waals surface area contributed by atoms with Gasteiger partial charge in [-0.05, 0) is 18.6 Å². The van der Waals surface area contributed by atoms with Gasteiger partial charge in [-0.2, -0.15) is 0 Å². The van der Waals surface area contributed by atoms with Crippen molar-refractivity contribution < 1.29 is 18.5 Å². The third-order valence-electron chi connectivity index (χ3n) is 2.46. The van der Waals surface area contributed by atoms with E-state index in [1.54, 1.807) is 0 Å². The van der Waals surface area contributed by atoms with E-state index in [9.17, 15) is 13.4 Å².